The van der Waals surface area contributed by atoms with Crippen LogP contribution >= 0.6 is 0 Å². The number of nitrogens with one attached hydrogen (secondary N) is 1. The summed E-state index contributed by atoms with van der Waals surface area (Å²) in [7, 11) is 0. The van der Waals surface area contributed by atoms with Gasteiger partial charge in [-0.05, 0) is 50.8 Å². The van der Waals surface area contributed by atoms with Crippen molar-refractivity contribution in [3.63, 3.8) is 0 Å². The summed E-state index contributed by atoms with van der Waals surface area (Å²) in [4.78, 5) is 17.3. The predicted octanol–water partition coefficient (Wildman–Crippen LogP) is 2.84. The largest absolute Gasteiger partial charge is 0.396 e. The minimum atomic E-state index is -0.0762. The van der Waals surface area contributed by atoms with Gasteiger partial charge in [0.2, 0.25) is 0 Å². The molecule has 0 spiro atoms. The maximum Gasteiger partial charge on any atom is 0.252 e. The van der Waals surface area contributed by atoms with Gasteiger partial charge in [-0.15, -0.1) is 0 Å². The number of carbonyl (C=O) groups excluding carboxylic acids is 1. The fourth-order valence-electron chi connectivity index (χ4n) is 2.85. The lowest BCUT2D eigenvalue weighted by Gasteiger charge is -2.12. The minimum Gasteiger partial charge on any atom is -0.396 e. The number of carbonyl (C=O) groups is 1. The zero-order valence-corrected chi connectivity index (χ0v) is 13.1. The van der Waals surface area contributed by atoms with Gasteiger partial charge >= 0.3 is 0 Å². The SMILES string of the molecule is Cc1cc(C)c2nc(C3CC3)cc(C(=O)NCCCO)c2c1. The van der Waals surface area contributed by atoms with Gasteiger partial charge in [0.05, 0.1) is 11.1 Å². The zero-order chi connectivity index (χ0) is 15.7. The van der Waals surface area contributed by atoms with Crippen molar-refractivity contribution in [2.75, 3.05) is 13.2 Å². The Morgan fingerprint density at radius 1 is 1.32 bits per heavy atom. The molecule has 0 bridgehead atoms. The lowest BCUT2D eigenvalue weighted by molar-refractivity contribution is 0.0952. The quantitative estimate of drug-likeness (QED) is 0.834. The number of aliphatic hydroxyl groups excluding tert-OH is 1. The molecule has 1 aliphatic rings. The highest BCUT2D eigenvalue weighted by atomic mass is 16.3. The van der Waals surface area contributed by atoms with E-state index in [1.54, 1.807) is 0 Å². The molecule has 1 aromatic heterocycles. The van der Waals surface area contributed by atoms with Crippen LogP contribution in [0.4, 0.5) is 0 Å². The van der Waals surface area contributed by atoms with Crippen LogP contribution in [0, 0.1) is 13.8 Å². The molecular formula is C18H22N2O2. The van der Waals surface area contributed by atoms with E-state index in [9.17, 15) is 4.79 Å². The van der Waals surface area contributed by atoms with Gasteiger partial charge in [0.1, 0.15) is 0 Å². The van der Waals surface area contributed by atoms with Crippen LogP contribution in [0.25, 0.3) is 10.9 Å². The van der Waals surface area contributed by atoms with E-state index in [2.05, 4.69) is 11.4 Å². The molecule has 116 valence electrons. The second-order valence-corrected chi connectivity index (χ2v) is 6.18. The van der Waals surface area contributed by atoms with Crippen molar-refractivity contribution in [1.82, 2.24) is 10.3 Å². The number of rotatable bonds is 5. The van der Waals surface area contributed by atoms with Crippen LogP contribution < -0.4 is 5.32 Å². The molecule has 0 aliphatic heterocycles. The summed E-state index contributed by atoms with van der Waals surface area (Å²) in [6.45, 7) is 4.66. The molecule has 1 aromatic carbocycles. The van der Waals surface area contributed by atoms with Crippen LogP contribution in [-0.2, 0) is 0 Å². The molecule has 2 aromatic rings. The molecule has 1 amide bonds. The van der Waals surface area contributed by atoms with Crippen LogP contribution in [0.15, 0.2) is 18.2 Å². The molecular weight excluding hydrogens is 276 g/mol. The molecule has 0 radical (unpaired) electrons. The number of amides is 1. The Labute approximate surface area is 130 Å². The molecule has 0 unspecified atom stereocenters. The number of fused-ring (bicyclic) bond motifs is 1. The number of benzene rings is 1. The van der Waals surface area contributed by atoms with Crippen molar-refractivity contribution in [3.8, 4) is 0 Å². The van der Waals surface area contributed by atoms with E-state index in [-0.39, 0.29) is 12.5 Å². The van der Waals surface area contributed by atoms with Crippen LogP contribution in [0.5, 0.6) is 0 Å². The van der Waals surface area contributed by atoms with Crippen LogP contribution in [0.1, 0.15) is 52.4 Å². The zero-order valence-electron chi connectivity index (χ0n) is 13.1. The third-order valence-electron chi connectivity index (χ3n) is 4.13. The average Bonchev–Trinajstić information content (AvgIpc) is 3.31. The summed E-state index contributed by atoms with van der Waals surface area (Å²) < 4.78 is 0. The lowest BCUT2D eigenvalue weighted by Crippen LogP contribution is -2.25. The topological polar surface area (TPSA) is 62.2 Å². The number of aliphatic hydroxyl groups is 1. The van der Waals surface area contributed by atoms with E-state index in [1.807, 2.05) is 26.0 Å². The Balaban J connectivity index is 2.07. The van der Waals surface area contributed by atoms with Crippen molar-refractivity contribution < 1.29 is 9.90 Å². The monoisotopic (exact) mass is 298 g/mol. The number of aromatic nitrogens is 1. The molecule has 1 saturated carbocycles. The smallest absolute Gasteiger partial charge is 0.252 e. The fourth-order valence-corrected chi connectivity index (χ4v) is 2.85. The minimum absolute atomic E-state index is 0.0762. The summed E-state index contributed by atoms with van der Waals surface area (Å²) in [5, 5.41) is 12.7. The number of pyridine rings is 1. The highest BCUT2D eigenvalue weighted by molar-refractivity contribution is 6.07. The van der Waals surface area contributed by atoms with E-state index in [0.717, 1.165) is 40.6 Å². The van der Waals surface area contributed by atoms with Crippen molar-refractivity contribution in [2.24, 2.45) is 0 Å². The van der Waals surface area contributed by atoms with Gasteiger partial charge in [0, 0.05) is 30.1 Å². The molecule has 0 saturated heterocycles. The van der Waals surface area contributed by atoms with Crippen LogP contribution in [0.3, 0.4) is 0 Å². The molecule has 1 heterocycles. The van der Waals surface area contributed by atoms with Gasteiger partial charge in [0.15, 0.2) is 0 Å². The summed E-state index contributed by atoms with van der Waals surface area (Å²) in [6.07, 6.45) is 2.90. The van der Waals surface area contributed by atoms with E-state index < -0.39 is 0 Å². The van der Waals surface area contributed by atoms with Crippen molar-refractivity contribution in [3.05, 3.63) is 40.6 Å². The van der Waals surface area contributed by atoms with Crippen LogP contribution in [0.2, 0.25) is 0 Å². The van der Waals surface area contributed by atoms with E-state index in [1.165, 1.54) is 0 Å². The first-order valence-corrected chi connectivity index (χ1v) is 7.91. The highest BCUT2D eigenvalue weighted by Gasteiger charge is 2.27. The maximum atomic E-state index is 12.5. The van der Waals surface area contributed by atoms with E-state index >= 15 is 0 Å². The average molecular weight is 298 g/mol. The van der Waals surface area contributed by atoms with Gasteiger partial charge in [0.25, 0.3) is 5.91 Å². The Morgan fingerprint density at radius 2 is 2.09 bits per heavy atom. The van der Waals surface area contributed by atoms with Gasteiger partial charge in [-0.3, -0.25) is 9.78 Å². The van der Waals surface area contributed by atoms with Crippen LogP contribution in [-0.4, -0.2) is 29.1 Å². The summed E-state index contributed by atoms with van der Waals surface area (Å²) >= 11 is 0. The second-order valence-electron chi connectivity index (χ2n) is 6.18. The molecule has 4 nitrogen and oxygen atoms in total. The molecule has 4 heteroatoms. The first-order valence-electron chi connectivity index (χ1n) is 7.91. The lowest BCUT2D eigenvalue weighted by atomic mass is 10.00. The Morgan fingerprint density at radius 3 is 2.77 bits per heavy atom. The van der Waals surface area contributed by atoms with Gasteiger partial charge in [-0.2, -0.15) is 0 Å². The first kappa shape index (κ1) is 15.0. The number of hydrogen-bond acceptors (Lipinski definition) is 3. The van der Waals surface area contributed by atoms with Crippen molar-refractivity contribution >= 4 is 16.8 Å². The Hall–Kier alpha value is -1.94. The molecule has 3 rings (SSSR count). The van der Waals surface area contributed by atoms with Gasteiger partial charge < -0.3 is 10.4 Å². The standard InChI is InChI=1S/C18H22N2O2/c1-11-8-12(2)17-14(9-11)15(18(22)19-6-3-7-21)10-16(20-17)13-4-5-13/h8-10,13,21H,3-7H2,1-2H3,(H,19,22). The molecule has 1 fully saturated rings. The summed E-state index contributed by atoms with van der Waals surface area (Å²) in [5.41, 5.74) is 4.92. The number of aryl methyl sites for hydroxylation is 2. The second kappa shape index (κ2) is 6.05. The number of hydrogen-bond donors (Lipinski definition) is 2. The normalized spacial score (nSPS) is 14.3. The number of nitrogens with zero attached hydrogens (tertiary/aromatic N) is 1. The molecule has 0 atom stereocenters. The van der Waals surface area contributed by atoms with Gasteiger partial charge in [-0.1, -0.05) is 11.6 Å². The highest BCUT2D eigenvalue weighted by Crippen LogP contribution is 2.40. The summed E-state index contributed by atoms with van der Waals surface area (Å²) in [5.74, 6) is 0.432. The fraction of sp³-hybridized carbons (Fsp3) is 0.444. The van der Waals surface area contributed by atoms with E-state index in [4.69, 9.17) is 10.1 Å². The Bertz CT molecular complexity index is 721. The van der Waals surface area contributed by atoms with Crippen molar-refractivity contribution in [2.45, 2.75) is 39.0 Å². The maximum absolute atomic E-state index is 12.5. The molecule has 22 heavy (non-hydrogen) atoms. The molecule has 1 aliphatic carbocycles. The third kappa shape index (κ3) is 2.97. The molecule has 2 N–H and O–H groups in total. The van der Waals surface area contributed by atoms with E-state index in [0.29, 0.717) is 24.4 Å². The van der Waals surface area contributed by atoms with Gasteiger partial charge in [-0.25, -0.2) is 0 Å². The van der Waals surface area contributed by atoms with Crippen molar-refractivity contribution in [1.29, 1.82) is 0 Å². The first-order chi connectivity index (χ1) is 10.6. The summed E-state index contributed by atoms with van der Waals surface area (Å²) in [6, 6.07) is 6.10. The third-order valence-corrected chi connectivity index (χ3v) is 4.13. The Kier molecular flexibility index (Phi) is 4.12. The predicted molar refractivity (Wildman–Crippen MR) is 87.2 cm³/mol.